The molecular formula is C10H6F2NO. The molecule has 71 valence electrons. The molecule has 0 fully saturated rings. The summed E-state index contributed by atoms with van der Waals surface area (Å²) in [6, 6.07) is 6.30. The van der Waals surface area contributed by atoms with Crippen molar-refractivity contribution in [1.29, 1.82) is 0 Å². The summed E-state index contributed by atoms with van der Waals surface area (Å²) in [5.41, 5.74) is 0.821. The highest BCUT2D eigenvalue weighted by Gasteiger charge is 2.07. The second kappa shape index (κ2) is 3.21. The van der Waals surface area contributed by atoms with Gasteiger partial charge in [-0.1, -0.05) is 5.16 Å². The van der Waals surface area contributed by atoms with Crippen molar-refractivity contribution < 1.29 is 13.3 Å². The van der Waals surface area contributed by atoms with Gasteiger partial charge < -0.3 is 4.52 Å². The Morgan fingerprint density at radius 1 is 1.29 bits per heavy atom. The Morgan fingerprint density at radius 3 is 2.64 bits per heavy atom. The van der Waals surface area contributed by atoms with Gasteiger partial charge in [0, 0.05) is 5.56 Å². The molecule has 0 aliphatic carbocycles. The second-order valence-corrected chi connectivity index (χ2v) is 2.84. The highest BCUT2D eigenvalue weighted by Crippen LogP contribution is 2.20. The number of rotatable bonds is 1. The van der Waals surface area contributed by atoms with E-state index in [1.54, 1.807) is 6.92 Å². The van der Waals surface area contributed by atoms with Crippen molar-refractivity contribution in [2.75, 3.05) is 0 Å². The molecule has 4 heteroatoms. The van der Waals surface area contributed by atoms with Crippen LogP contribution in [-0.4, -0.2) is 5.16 Å². The second-order valence-electron chi connectivity index (χ2n) is 2.84. The summed E-state index contributed by atoms with van der Waals surface area (Å²) in [5.74, 6) is -1.28. The Labute approximate surface area is 79.1 Å². The molecule has 0 bridgehead atoms. The van der Waals surface area contributed by atoms with Crippen molar-refractivity contribution in [1.82, 2.24) is 5.16 Å². The molecule has 0 unspecified atom stereocenters. The molecule has 0 atom stereocenters. The van der Waals surface area contributed by atoms with E-state index in [0.717, 1.165) is 12.1 Å². The third-order valence-corrected chi connectivity index (χ3v) is 1.76. The van der Waals surface area contributed by atoms with Crippen molar-refractivity contribution >= 4 is 0 Å². The Balaban J connectivity index is 2.47. The van der Waals surface area contributed by atoms with Crippen LogP contribution in [0, 0.1) is 24.6 Å². The number of nitrogens with zero attached hydrogens (tertiary/aromatic N) is 1. The van der Waals surface area contributed by atoms with E-state index < -0.39 is 11.6 Å². The Bertz CT molecular complexity index is 465. The first-order chi connectivity index (χ1) is 6.66. The van der Waals surface area contributed by atoms with E-state index in [2.05, 4.69) is 11.2 Å². The van der Waals surface area contributed by atoms with Crippen molar-refractivity contribution in [2.45, 2.75) is 6.92 Å². The standard InChI is InChI=1S/C10H6F2NO/c1-6-4-10(13-14-6)7-2-3-8(11)9(12)5-7/h2-3,5H,1H3. The van der Waals surface area contributed by atoms with Gasteiger partial charge in [0.05, 0.1) is 6.07 Å². The van der Waals surface area contributed by atoms with Crippen LogP contribution >= 0.6 is 0 Å². The fourth-order valence-electron chi connectivity index (χ4n) is 1.09. The maximum Gasteiger partial charge on any atom is 0.159 e. The topological polar surface area (TPSA) is 26.0 Å². The molecule has 1 aromatic heterocycles. The first-order valence-corrected chi connectivity index (χ1v) is 3.98. The van der Waals surface area contributed by atoms with E-state index in [1.165, 1.54) is 6.07 Å². The average molecular weight is 194 g/mol. The van der Waals surface area contributed by atoms with E-state index in [9.17, 15) is 8.78 Å². The number of aromatic nitrogens is 1. The minimum atomic E-state index is -0.906. The molecule has 0 saturated heterocycles. The number of hydrogen-bond donors (Lipinski definition) is 0. The van der Waals surface area contributed by atoms with Crippen LogP contribution < -0.4 is 0 Å². The Hall–Kier alpha value is -1.71. The molecule has 0 aliphatic rings. The van der Waals surface area contributed by atoms with E-state index in [-0.39, 0.29) is 0 Å². The van der Waals surface area contributed by atoms with Gasteiger partial charge in [0.2, 0.25) is 0 Å². The average Bonchev–Trinajstić information content (AvgIpc) is 2.57. The van der Waals surface area contributed by atoms with Crippen molar-refractivity contribution in [2.24, 2.45) is 0 Å². The SMILES string of the molecule is Cc1[c]c(-c2ccc(F)c(F)c2)no1. The summed E-state index contributed by atoms with van der Waals surface area (Å²) in [5, 5.41) is 3.64. The van der Waals surface area contributed by atoms with Gasteiger partial charge >= 0.3 is 0 Å². The molecule has 1 radical (unpaired) electrons. The summed E-state index contributed by atoms with van der Waals surface area (Å²) < 4.78 is 30.2. The molecule has 2 aromatic rings. The smallest absolute Gasteiger partial charge is 0.159 e. The normalized spacial score (nSPS) is 10.5. The van der Waals surface area contributed by atoms with Crippen molar-refractivity contribution in [3.63, 3.8) is 0 Å². The maximum absolute atomic E-state index is 12.8. The molecule has 0 N–H and O–H groups in total. The molecule has 2 rings (SSSR count). The summed E-state index contributed by atoms with van der Waals surface area (Å²) in [4.78, 5) is 0. The molecule has 2 nitrogen and oxygen atoms in total. The van der Waals surface area contributed by atoms with Gasteiger partial charge in [-0.05, 0) is 25.1 Å². The monoisotopic (exact) mass is 194 g/mol. The zero-order valence-corrected chi connectivity index (χ0v) is 7.34. The number of benzene rings is 1. The largest absolute Gasteiger partial charge is 0.360 e. The van der Waals surface area contributed by atoms with E-state index in [4.69, 9.17) is 4.52 Å². The zero-order valence-electron chi connectivity index (χ0n) is 7.34. The molecule has 0 saturated carbocycles. The molecule has 0 aliphatic heterocycles. The third kappa shape index (κ3) is 1.51. The minimum Gasteiger partial charge on any atom is -0.360 e. The van der Waals surface area contributed by atoms with Gasteiger partial charge in [-0.15, -0.1) is 0 Å². The van der Waals surface area contributed by atoms with Crippen LogP contribution in [-0.2, 0) is 0 Å². The predicted molar refractivity (Wildman–Crippen MR) is 45.4 cm³/mol. The fourth-order valence-corrected chi connectivity index (χ4v) is 1.09. The van der Waals surface area contributed by atoms with E-state index in [1.807, 2.05) is 0 Å². The van der Waals surface area contributed by atoms with E-state index in [0.29, 0.717) is 17.0 Å². The van der Waals surface area contributed by atoms with Crippen LogP contribution in [0.1, 0.15) is 5.76 Å². The molecule has 0 amide bonds. The lowest BCUT2D eigenvalue weighted by Gasteiger charge is -1.95. The first kappa shape index (κ1) is 8.87. The van der Waals surface area contributed by atoms with Gasteiger partial charge in [0.15, 0.2) is 11.6 Å². The Morgan fingerprint density at radius 2 is 2.07 bits per heavy atom. The summed E-state index contributed by atoms with van der Waals surface area (Å²) in [6.45, 7) is 1.68. The predicted octanol–water partition coefficient (Wildman–Crippen LogP) is 2.73. The van der Waals surface area contributed by atoms with Crippen LogP contribution in [0.15, 0.2) is 22.7 Å². The third-order valence-electron chi connectivity index (χ3n) is 1.76. The molecule has 1 heterocycles. The Kier molecular flexibility index (Phi) is 2.04. The highest BCUT2D eigenvalue weighted by atomic mass is 19.2. The van der Waals surface area contributed by atoms with Gasteiger partial charge in [-0.25, -0.2) is 8.78 Å². The molecule has 0 spiro atoms. The van der Waals surface area contributed by atoms with Crippen LogP contribution in [0.3, 0.4) is 0 Å². The molecule has 14 heavy (non-hydrogen) atoms. The maximum atomic E-state index is 12.8. The van der Waals surface area contributed by atoms with Gasteiger partial charge in [0.25, 0.3) is 0 Å². The lowest BCUT2D eigenvalue weighted by Crippen LogP contribution is -1.85. The van der Waals surface area contributed by atoms with Crippen molar-refractivity contribution in [3.8, 4) is 11.3 Å². The van der Waals surface area contributed by atoms with Gasteiger partial charge in [0.1, 0.15) is 11.5 Å². The summed E-state index contributed by atoms with van der Waals surface area (Å²) in [6.07, 6.45) is 0. The lowest BCUT2D eigenvalue weighted by molar-refractivity contribution is 0.399. The zero-order chi connectivity index (χ0) is 10.1. The molecular weight excluding hydrogens is 188 g/mol. The summed E-state index contributed by atoms with van der Waals surface area (Å²) in [7, 11) is 0. The van der Waals surface area contributed by atoms with Crippen LogP contribution in [0.25, 0.3) is 11.3 Å². The molecule has 1 aromatic carbocycles. The minimum absolute atomic E-state index is 0.376. The first-order valence-electron chi connectivity index (χ1n) is 3.98. The summed E-state index contributed by atoms with van der Waals surface area (Å²) >= 11 is 0. The van der Waals surface area contributed by atoms with Crippen LogP contribution in [0.5, 0.6) is 0 Å². The lowest BCUT2D eigenvalue weighted by atomic mass is 10.1. The quantitative estimate of drug-likeness (QED) is 0.697. The number of hydrogen-bond acceptors (Lipinski definition) is 2. The van der Waals surface area contributed by atoms with Gasteiger partial charge in [-0.3, -0.25) is 0 Å². The van der Waals surface area contributed by atoms with Crippen LogP contribution in [0.4, 0.5) is 8.78 Å². The van der Waals surface area contributed by atoms with Crippen LogP contribution in [0.2, 0.25) is 0 Å². The number of halogens is 2. The van der Waals surface area contributed by atoms with Crippen molar-refractivity contribution in [3.05, 3.63) is 41.7 Å². The van der Waals surface area contributed by atoms with Gasteiger partial charge in [-0.2, -0.15) is 0 Å². The number of aryl methyl sites for hydroxylation is 1. The highest BCUT2D eigenvalue weighted by molar-refractivity contribution is 5.57. The fraction of sp³-hybridized carbons (Fsp3) is 0.100. The van der Waals surface area contributed by atoms with E-state index >= 15 is 0 Å².